The van der Waals surface area contributed by atoms with Crippen molar-refractivity contribution < 1.29 is 9.13 Å². The van der Waals surface area contributed by atoms with Gasteiger partial charge in [0.1, 0.15) is 23.2 Å². The number of nitrogen functional groups attached to an aromatic ring is 1. The van der Waals surface area contributed by atoms with E-state index in [1.54, 1.807) is 0 Å². The fourth-order valence-electron chi connectivity index (χ4n) is 1.49. The topological polar surface area (TPSA) is 48.1 Å². The van der Waals surface area contributed by atoms with E-state index in [0.29, 0.717) is 18.0 Å². The number of nitrogens with two attached hydrogens (primary N) is 1. The number of halogens is 1. The molecule has 2 aromatic rings. The predicted molar refractivity (Wildman–Crippen MR) is 76.0 cm³/mol. The average Bonchev–Trinajstić information content (AvgIpc) is 2.79. The Morgan fingerprint density at radius 1 is 1.37 bits per heavy atom. The van der Waals surface area contributed by atoms with Crippen molar-refractivity contribution in [1.29, 1.82) is 0 Å². The van der Waals surface area contributed by atoms with Crippen LogP contribution >= 0.6 is 11.3 Å². The molecule has 0 aliphatic heterocycles. The van der Waals surface area contributed by atoms with Crippen molar-refractivity contribution >= 4 is 17.0 Å². The number of ether oxygens (including phenoxy) is 1. The molecular weight excluding hydrogens is 263 g/mol. The molecule has 1 heterocycles. The molecule has 0 atom stereocenters. The van der Waals surface area contributed by atoms with Crippen molar-refractivity contribution in [3.63, 3.8) is 0 Å². The molecule has 0 spiro atoms. The van der Waals surface area contributed by atoms with E-state index >= 15 is 0 Å². The average molecular weight is 280 g/mol. The van der Waals surface area contributed by atoms with Gasteiger partial charge in [-0.3, -0.25) is 0 Å². The molecule has 0 saturated carbocycles. The fraction of sp³-hybridized carbons (Fsp3) is 0.357. The Balaban J connectivity index is 2.06. The van der Waals surface area contributed by atoms with Crippen LogP contribution in [-0.2, 0) is 12.0 Å². The van der Waals surface area contributed by atoms with E-state index in [9.17, 15) is 4.39 Å². The van der Waals surface area contributed by atoms with E-state index in [-0.39, 0.29) is 11.2 Å². The molecule has 1 aromatic carbocycles. The minimum Gasteiger partial charge on any atom is -0.484 e. The molecule has 0 saturated heterocycles. The van der Waals surface area contributed by atoms with Crippen LogP contribution in [-0.4, -0.2) is 4.98 Å². The summed E-state index contributed by atoms with van der Waals surface area (Å²) in [7, 11) is 0. The second kappa shape index (κ2) is 5.17. The number of thiazole rings is 1. The minimum absolute atomic E-state index is 0.0205. The van der Waals surface area contributed by atoms with Gasteiger partial charge in [0.25, 0.3) is 0 Å². The molecule has 2 N–H and O–H groups in total. The first kappa shape index (κ1) is 13.8. The molecule has 0 unspecified atom stereocenters. The number of aromatic nitrogens is 1. The second-order valence-corrected chi connectivity index (χ2v) is 6.29. The lowest BCUT2D eigenvalue weighted by atomic mass is 9.93. The monoisotopic (exact) mass is 280 g/mol. The summed E-state index contributed by atoms with van der Waals surface area (Å²) >= 11 is 1.54. The third kappa shape index (κ3) is 3.44. The molecule has 2 rings (SSSR count). The standard InChI is InChI=1S/C14H17FN2OS/c1-14(2,3)12-8-19-13(17-12)7-18-11-6-9(15)4-5-10(11)16/h4-6,8H,7,16H2,1-3H3. The Bertz CT molecular complexity index is 575. The van der Waals surface area contributed by atoms with Gasteiger partial charge in [0.05, 0.1) is 11.4 Å². The van der Waals surface area contributed by atoms with Gasteiger partial charge in [0, 0.05) is 16.9 Å². The maximum absolute atomic E-state index is 13.1. The van der Waals surface area contributed by atoms with E-state index in [2.05, 4.69) is 25.8 Å². The van der Waals surface area contributed by atoms with Crippen molar-refractivity contribution in [3.8, 4) is 5.75 Å². The van der Waals surface area contributed by atoms with Gasteiger partial charge in [-0.25, -0.2) is 9.37 Å². The van der Waals surface area contributed by atoms with Crippen molar-refractivity contribution in [1.82, 2.24) is 4.98 Å². The highest BCUT2D eigenvalue weighted by Gasteiger charge is 2.17. The minimum atomic E-state index is -0.362. The van der Waals surface area contributed by atoms with Crippen LogP contribution in [0.4, 0.5) is 10.1 Å². The van der Waals surface area contributed by atoms with E-state index in [0.717, 1.165) is 10.7 Å². The molecule has 0 amide bonds. The van der Waals surface area contributed by atoms with E-state index < -0.39 is 0 Å². The van der Waals surface area contributed by atoms with E-state index in [4.69, 9.17) is 10.5 Å². The van der Waals surface area contributed by atoms with Gasteiger partial charge in [0.2, 0.25) is 0 Å². The van der Waals surface area contributed by atoms with Gasteiger partial charge in [-0.15, -0.1) is 11.3 Å². The zero-order chi connectivity index (χ0) is 14.0. The van der Waals surface area contributed by atoms with Gasteiger partial charge in [-0.1, -0.05) is 20.8 Å². The van der Waals surface area contributed by atoms with Gasteiger partial charge >= 0.3 is 0 Å². The summed E-state index contributed by atoms with van der Waals surface area (Å²) in [5.41, 5.74) is 7.20. The molecule has 3 nitrogen and oxygen atoms in total. The van der Waals surface area contributed by atoms with Crippen LogP contribution in [0.1, 0.15) is 31.5 Å². The van der Waals surface area contributed by atoms with Crippen LogP contribution in [0.2, 0.25) is 0 Å². The van der Waals surface area contributed by atoms with Crippen molar-refractivity contribution in [2.75, 3.05) is 5.73 Å². The molecule has 5 heteroatoms. The number of nitrogens with zero attached hydrogens (tertiary/aromatic N) is 1. The molecule has 0 bridgehead atoms. The largest absolute Gasteiger partial charge is 0.484 e. The van der Waals surface area contributed by atoms with Crippen molar-refractivity contribution in [3.05, 3.63) is 40.1 Å². The number of rotatable bonds is 3. The van der Waals surface area contributed by atoms with Crippen molar-refractivity contribution in [2.45, 2.75) is 32.8 Å². The first-order valence-corrected chi connectivity index (χ1v) is 6.87. The fourth-order valence-corrected chi connectivity index (χ4v) is 2.43. The maximum atomic E-state index is 13.1. The summed E-state index contributed by atoms with van der Waals surface area (Å²) < 4.78 is 18.6. The first-order chi connectivity index (χ1) is 8.86. The Morgan fingerprint density at radius 3 is 2.74 bits per heavy atom. The number of hydrogen-bond acceptors (Lipinski definition) is 4. The zero-order valence-corrected chi connectivity index (χ0v) is 12.1. The van der Waals surface area contributed by atoms with Crippen LogP contribution in [0.5, 0.6) is 5.75 Å². The summed E-state index contributed by atoms with van der Waals surface area (Å²) in [6.45, 7) is 6.63. The van der Waals surface area contributed by atoms with Crippen LogP contribution in [0.3, 0.4) is 0 Å². The Morgan fingerprint density at radius 2 is 2.11 bits per heavy atom. The second-order valence-electron chi connectivity index (χ2n) is 5.35. The SMILES string of the molecule is CC(C)(C)c1csc(COc2cc(F)ccc2N)n1. The van der Waals surface area contributed by atoms with Crippen LogP contribution < -0.4 is 10.5 Å². The first-order valence-electron chi connectivity index (χ1n) is 5.99. The summed E-state index contributed by atoms with van der Waals surface area (Å²) in [5.74, 6) is -0.00812. The highest BCUT2D eigenvalue weighted by atomic mass is 32.1. The number of anilines is 1. The van der Waals surface area contributed by atoms with Gasteiger partial charge in [0.15, 0.2) is 0 Å². The van der Waals surface area contributed by atoms with Crippen LogP contribution in [0.15, 0.2) is 23.6 Å². The molecule has 19 heavy (non-hydrogen) atoms. The molecular formula is C14H17FN2OS. The third-order valence-electron chi connectivity index (χ3n) is 2.65. The highest BCUT2D eigenvalue weighted by Crippen LogP contribution is 2.26. The maximum Gasteiger partial charge on any atom is 0.145 e. The summed E-state index contributed by atoms with van der Waals surface area (Å²) in [6.07, 6.45) is 0. The van der Waals surface area contributed by atoms with Crippen LogP contribution in [0.25, 0.3) is 0 Å². The van der Waals surface area contributed by atoms with Gasteiger partial charge in [-0.05, 0) is 12.1 Å². The summed E-state index contributed by atoms with van der Waals surface area (Å²) in [5, 5.41) is 2.88. The third-order valence-corrected chi connectivity index (χ3v) is 3.47. The van der Waals surface area contributed by atoms with Gasteiger partial charge in [-0.2, -0.15) is 0 Å². The lowest BCUT2D eigenvalue weighted by Crippen LogP contribution is -2.11. The van der Waals surface area contributed by atoms with Crippen LogP contribution in [0, 0.1) is 5.82 Å². The molecule has 0 aliphatic rings. The molecule has 0 radical (unpaired) electrons. The molecule has 1 aromatic heterocycles. The normalized spacial score (nSPS) is 11.6. The summed E-state index contributed by atoms with van der Waals surface area (Å²) in [4.78, 5) is 4.51. The molecule has 0 fully saturated rings. The smallest absolute Gasteiger partial charge is 0.145 e. The Kier molecular flexibility index (Phi) is 3.75. The highest BCUT2D eigenvalue weighted by molar-refractivity contribution is 7.09. The van der Waals surface area contributed by atoms with Gasteiger partial charge < -0.3 is 10.5 Å². The lowest BCUT2D eigenvalue weighted by Gasteiger charge is -2.14. The van der Waals surface area contributed by atoms with E-state index in [1.165, 1.54) is 29.5 Å². The zero-order valence-electron chi connectivity index (χ0n) is 11.2. The molecule has 102 valence electrons. The Hall–Kier alpha value is -1.62. The molecule has 0 aliphatic carbocycles. The van der Waals surface area contributed by atoms with E-state index in [1.807, 2.05) is 5.38 Å². The quantitative estimate of drug-likeness (QED) is 0.871. The lowest BCUT2D eigenvalue weighted by molar-refractivity contribution is 0.305. The summed E-state index contributed by atoms with van der Waals surface area (Å²) in [6, 6.07) is 4.09. The Labute approximate surface area is 116 Å². The predicted octanol–water partition coefficient (Wildman–Crippen LogP) is 3.74. The number of hydrogen-bond donors (Lipinski definition) is 1. The number of benzene rings is 1. The van der Waals surface area contributed by atoms with Crippen molar-refractivity contribution in [2.24, 2.45) is 0 Å².